The predicted molar refractivity (Wildman–Crippen MR) is 125 cm³/mol. The summed E-state index contributed by atoms with van der Waals surface area (Å²) >= 11 is 7.44. The lowest BCUT2D eigenvalue weighted by Gasteiger charge is -2.10. The average molecular weight is 469 g/mol. The van der Waals surface area contributed by atoms with E-state index in [9.17, 15) is 4.79 Å². The fraction of sp³-hybridized carbons (Fsp3) is 0.174. The molecule has 2 aromatic heterocycles. The summed E-state index contributed by atoms with van der Waals surface area (Å²) in [5.74, 6) is 2.02. The van der Waals surface area contributed by atoms with Gasteiger partial charge in [0, 0.05) is 11.3 Å². The summed E-state index contributed by atoms with van der Waals surface area (Å²) in [6.45, 7) is 2.49. The van der Waals surface area contributed by atoms with Gasteiger partial charge in [0.05, 0.1) is 30.7 Å². The van der Waals surface area contributed by atoms with Crippen molar-refractivity contribution in [3.05, 3.63) is 77.2 Å². The van der Waals surface area contributed by atoms with Crippen LogP contribution in [-0.2, 0) is 11.3 Å². The van der Waals surface area contributed by atoms with Crippen molar-refractivity contribution >= 4 is 35.0 Å². The molecule has 0 aliphatic heterocycles. The number of halogens is 1. The minimum atomic E-state index is -0.180. The Kier molecular flexibility index (Phi) is 6.82. The van der Waals surface area contributed by atoms with Crippen LogP contribution in [0.5, 0.6) is 5.75 Å². The minimum Gasteiger partial charge on any atom is -0.495 e. The van der Waals surface area contributed by atoms with Crippen LogP contribution in [0.3, 0.4) is 0 Å². The summed E-state index contributed by atoms with van der Waals surface area (Å²) in [4.78, 5) is 12.5. The summed E-state index contributed by atoms with van der Waals surface area (Å²) < 4.78 is 12.6. The van der Waals surface area contributed by atoms with Crippen molar-refractivity contribution in [3.63, 3.8) is 0 Å². The Labute approximate surface area is 194 Å². The molecule has 2 aromatic carbocycles. The quantitative estimate of drug-likeness (QED) is 0.354. The number of anilines is 1. The lowest BCUT2D eigenvalue weighted by Crippen LogP contribution is -2.15. The summed E-state index contributed by atoms with van der Waals surface area (Å²) in [6, 6.07) is 16.9. The molecule has 7 nitrogen and oxygen atoms in total. The number of nitrogens with zero attached hydrogens (tertiary/aromatic N) is 3. The molecule has 0 saturated heterocycles. The van der Waals surface area contributed by atoms with Crippen molar-refractivity contribution < 1.29 is 13.9 Å². The standard InChI is InChI=1S/C23H21ClN4O3S/c1-15-5-7-16(8-6-15)22-26-27-23(28(22)13-18-4-3-11-31-18)32-14-21(29)25-17-9-10-20(30-2)19(24)12-17/h3-12H,13-14H2,1-2H3,(H,25,29). The van der Waals surface area contributed by atoms with Gasteiger partial charge < -0.3 is 14.5 Å². The number of nitrogens with one attached hydrogen (secondary N) is 1. The van der Waals surface area contributed by atoms with Crippen LogP contribution in [0, 0.1) is 6.92 Å². The van der Waals surface area contributed by atoms with Gasteiger partial charge in [0.25, 0.3) is 0 Å². The Morgan fingerprint density at radius 3 is 2.69 bits per heavy atom. The Morgan fingerprint density at radius 2 is 2.00 bits per heavy atom. The van der Waals surface area contributed by atoms with E-state index in [-0.39, 0.29) is 11.7 Å². The molecule has 164 valence electrons. The molecular formula is C23H21ClN4O3S. The van der Waals surface area contributed by atoms with Gasteiger partial charge in [-0.05, 0) is 37.3 Å². The molecule has 0 fully saturated rings. The maximum atomic E-state index is 12.5. The van der Waals surface area contributed by atoms with Gasteiger partial charge >= 0.3 is 0 Å². The van der Waals surface area contributed by atoms with Crippen LogP contribution in [0.2, 0.25) is 5.02 Å². The third-order valence-electron chi connectivity index (χ3n) is 4.69. The molecule has 0 aliphatic carbocycles. The number of benzene rings is 2. The van der Waals surface area contributed by atoms with Crippen LogP contribution in [-0.4, -0.2) is 33.5 Å². The Bertz CT molecular complexity index is 1210. The molecule has 0 spiro atoms. The first-order valence-corrected chi connectivity index (χ1v) is 11.2. The zero-order chi connectivity index (χ0) is 22.5. The molecule has 9 heteroatoms. The molecule has 2 heterocycles. The van der Waals surface area contributed by atoms with E-state index >= 15 is 0 Å². The Morgan fingerprint density at radius 1 is 1.19 bits per heavy atom. The van der Waals surface area contributed by atoms with Crippen LogP contribution in [0.1, 0.15) is 11.3 Å². The lowest BCUT2D eigenvalue weighted by molar-refractivity contribution is -0.113. The first-order chi connectivity index (χ1) is 15.5. The van der Waals surface area contributed by atoms with E-state index in [1.54, 1.807) is 31.6 Å². The number of rotatable bonds is 8. The highest BCUT2D eigenvalue weighted by atomic mass is 35.5. The molecule has 4 rings (SSSR count). The smallest absolute Gasteiger partial charge is 0.234 e. The number of carbonyl (C=O) groups is 1. The van der Waals surface area contributed by atoms with Crippen LogP contribution in [0.4, 0.5) is 5.69 Å². The van der Waals surface area contributed by atoms with E-state index in [0.717, 1.165) is 16.9 Å². The third-order valence-corrected chi connectivity index (χ3v) is 5.95. The van der Waals surface area contributed by atoms with E-state index in [1.165, 1.54) is 11.8 Å². The second-order valence-electron chi connectivity index (χ2n) is 7.02. The molecule has 0 aliphatic rings. The summed E-state index contributed by atoms with van der Waals surface area (Å²) in [5.41, 5.74) is 2.70. The van der Waals surface area contributed by atoms with Crippen molar-refractivity contribution in [1.82, 2.24) is 14.8 Å². The van der Waals surface area contributed by atoms with Crippen LogP contribution >= 0.6 is 23.4 Å². The first kappa shape index (κ1) is 22.0. The highest BCUT2D eigenvalue weighted by Crippen LogP contribution is 2.28. The number of thioether (sulfide) groups is 1. The topological polar surface area (TPSA) is 82.2 Å². The zero-order valence-corrected chi connectivity index (χ0v) is 19.1. The van der Waals surface area contributed by atoms with Gasteiger partial charge in [0.15, 0.2) is 11.0 Å². The average Bonchev–Trinajstić information content (AvgIpc) is 3.44. The number of aryl methyl sites for hydroxylation is 1. The highest BCUT2D eigenvalue weighted by molar-refractivity contribution is 7.99. The van der Waals surface area contributed by atoms with E-state index in [1.807, 2.05) is 47.9 Å². The van der Waals surface area contributed by atoms with Gasteiger partial charge in [0.2, 0.25) is 5.91 Å². The van der Waals surface area contributed by atoms with Gasteiger partial charge in [-0.1, -0.05) is 53.2 Å². The number of hydrogen-bond donors (Lipinski definition) is 1. The number of furan rings is 1. The number of hydrogen-bond acceptors (Lipinski definition) is 6. The van der Waals surface area contributed by atoms with Crippen molar-refractivity contribution in [3.8, 4) is 17.1 Å². The Hall–Kier alpha value is -3.23. The molecule has 1 N–H and O–H groups in total. The number of aromatic nitrogens is 3. The first-order valence-electron chi connectivity index (χ1n) is 9.82. The van der Waals surface area contributed by atoms with Crippen LogP contribution < -0.4 is 10.1 Å². The monoisotopic (exact) mass is 468 g/mol. The summed E-state index contributed by atoms with van der Waals surface area (Å²) in [6.07, 6.45) is 1.63. The number of amides is 1. The van der Waals surface area contributed by atoms with Gasteiger partial charge in [-0.2, -0.15) is 0 Å². The van der Waals surface area contributed by atoms with Gasteiger partial charge in [-0.25, -0.2) is 0 Å². The van der Waals surface area contributed by atoms with Gasteiger partial charge in [0.1, 0.15) is 11.5 Å². The molecule has 32 heavy (non-hydrogen) atoms. The predicted octanol–water partition coefficient (Wildman–Crippen LogP) is 5.29. The number of methoxy groups -OCH3 is 1. The van der Waals surface area contributed by atoms with Crippen molar-refractivity contribution in [2.75, 3.05) is 18.2 Å². The molecule has 4 aromatic rings. The Balaban J connectivity index is 1.50. The van der Waals surface area contributed by atoms with E-state index < -0.39 is 0 Å². The van der Waals surface area contributed by atoms with Crippen molar-refractivity contribution in [2.24, 2.45) is 0 Å². The second-order valence-corrected chi connectivity index (χ2v) is 8.37. The van der Waals surface area contributed by atoms with E-state index in [4.69, 9.17) is 20.8 Å². The SMILES string of the molecule is COc1ccc(NC(=O)CSc2nnc(-c3ccc(C)cc3)n2Cc2ccco2)cc1Cl. The fourth-order valence-corrected chi connectivity index (χ4v) is 4.08. The van der Waals surface area contributed by atoms with Crippen molar-refractivity contribution in [2.45, 2.75) is 18.6 Å². The summed E-state index contributed by atoms with van der Waals surface area (Å²) in [7, 11) is 1.54. The molecule has 0 atom stereocenters. The lowest BCUT2D eigenvalue weighted by atomic mass is 10.1. The third kappa shape index (κ3) is 5.15. The van der Waals surface area contributed by atoms with Crippen LogP contribution in [0.25, 0.3) is 11.4 Å². The highest BCUT2D eigenvalue weighted by Gasteiger charge is 2.17. The molecule has 1 amide bonds. The number of carbonyl (C=O) groups excluding carboxylic acids is 1. The molecule has 0 radical (unpaired) electrons. The molecular weight excluding hydrogens is 448 g/mol. The van der Waals surface area contributed by atoms with Crippen molar-refractivity contribution in [1.29, 1.82) is 0 Å². The zero-order valence-electron chi connectivity index (χ0n) is 17.5. The summed E-state index contributed by atoms with van der Waals surface area (Å²) in [5, 5.41) is 12.6. The normalized spacial score (nSPS) is 10.8. The van der Waals surface area contributed by atoms with Crippen LogP contribution in [0.15, 0.2) is 70.4 Å². The largest absolute Gasteiger partial charge is 0.495 e. The molecule has 0 bridgehead atoms. The maximum absolute atomic E-state index is 12.5. The number of ether oxygens (including phenoxy) is 1. The second kappa shape index (κ2) is 9.93. The van der Waals surface area contributed by atoms with E-state index in [2.05, 4.69) is 15.5 Å². The minimum absolute atomic E-state index is 0.161. The molecule has 0 saturated carbocycles. The van der Waals surface area contributed by atoms with Gasteiger partial charge in [-0.15, -0.1) is 10.2 Å². The fourth-order valence-electron chi connectivity index (χ4n) is 3.08. The van der Waals surface area contributed by atoms with Gasteiger partial charge in [-0.3, -0.25) is 9.36 Å². The molecule has 0 unspecified atom stereocenters. The van der Waals surface area contributed by atoms with E-state index in [0.29, 0.717) is 34.0 Å². The maximum Gasteiger partial charge on any atom is 0.234 e.